The minimum Gasteiger partial charge on any atom is -0.493 e. The van der Waals surface area contributed by atoms with E-state index in [1.165, 1.54) is 0 Å². The topological polar surface area (TPSA) is 39.9 Å². The van der Waals surface area contributed by atoms with E-state index in [0.29, 0.717) is 19.1 Å². The van der Waals surface area contributed by atoms with E-state index in [9.17, 15) is 0 Å². The van der Waals surface area contributed by atoms with Crippen LogP contribution in [-0.2, 0) is 6.54 Å². The zero-order valence-corrected chi connectivity index (χ0v) is 21.1. The molecule has 0 atom stereocenters. The Kier molecular flexibility index (Phi) is 5.91. The Morgan fingerprint density at radius 1 is 0.938 bits per heavy atom. The zero-order valence-electron chi connectivity index (χ0n) is 18.0. The Bertz CT molecular complexity index is 1440. The van der Waals surface area contributed by atoms with Gasteiger partial charge in [-0.1, -0.05) is 60.1 Å². The Hall–Kier alpha value is -2.44. The monoisotopic (exact) mass is 551 g/mol. The molecule has 4 nitrogen and oxygen atoms in total. The second-order valence-corrected chi connectivity index (χ2v) is 10.2. The van der Waals surface area contributed by atoms with Crippen LogP contribution in [0.1, 0.15) is 25.8 Å². The molecule has 3 aromatic carbocycles. The Morgan fingerprint density at radius 3 is 2.44 bits per heavy atom. The van der Waals surface area contributed by atoms with Crippen LogP contribution in [0.4, 0.5) is 0 Å². The summed E-state index contributed by atoms with van der Waals surface area (Å²) < 4.78 is 10.4. The fourth-order valence-corrected chi connectivity index (χ4v) is 5.43. The van der Waals surface area contributed by atoms with E-state index in [1.807, 2.05) is 30.3 Å². The van der Waals surface area contributed by atoms with Crippen LogP contribution in [-0.4, -0.2) is 21.1 Å². The largest absolute Gasteiger partial charge is 0.493 e. The first kappa shape index (κ1) is 21.4. The normalized spacial score (nSPS) is 11.8. The molecule has 0 spiro atoms. The number of hydrogen-bond donors (Lipinski definition) is 0. The maximum atomic E-state index is 6.17. The van der Waals surface area contributed by atoms with Gasteiger partial charge in [0.2, 0.25) is 0 Å². The van der Waals surface area contributed by atoms with Gasteiger partial charge in [0.05, 0.1) is 29.7 Å². The molecule has 0 aliphatic carbocycles. The Balaban J connectivity index is 1.69. The third-order valence-electron chi connectivity index (χ3n) is 5.61. The molecule has 0 radical (unpaired) electrons. The van der Waals surface area contributed by atoms with Gasteiger partial charge in [0.15, 0.2) is 5.65 Å². The molecule has 2 aromatic heterocycles. The van der Waals surface area contributed by atoms with Crippen molar-refractivity contribution in [1.82, 2.24) is 14.5 Å². The van der Waals surface area contributed by atoms with E-state index in [0.717, 1.165) is 59.8 Å². The average molecular weight is 553 g/mol. The second kappa shape index (κ2) is 8.83. The van der Waals surface area contributed by atoms with Crippen molar-refractivity contribution in [2.75, 3.05) is 6.61 Å². The minimum absolute atomic E-state index is 0.609. The Morgan fingerprint density at radius 2 is 1.66 bits per heavy atom. The molecule has 0 aliphatic heterocycles. The van der Waals surface area contributed by atoms with E-state index < -0.39 is 0 Å². The summed E-state index contributed by atoms with van der Waals surface area (Å²) in [7, 11) is 0. The van der Waals surface area contributed by atoms with Gasteiger partial charge in [-0.25, -0.2) is 9.97 Å². The summed E-state index contributed by atoms with van der Waals surface area (Å²) in [6.07, 6.45) is 1.03. The van der Waals surface area contributed by atoms with Crippen molar-refractivity contribution >= 4 is 65.0 Å². The maximum Gasteiger partial charge on any atom is 0.160 e. The summed E-state index contributed by atoms with van der Waals surface area (Å²) in [6.45, 7) is 5.78. The highest BCUT2D eigenvalue weighted by atomic mass is 79.9. The summed E-state index contributed by atoms with van der Waals surface area (Å²) in [5.74, 6) is 1.53. The van der Waals surface area contributed by atoms with E-state index in [1.54, 1.807) is 0 Å². The standard InChI is InChI=1S/C26H23Br2N3O/c1-16(2)11-12-32-23-10-6-3-7-17(23)15-31-25-19(13-18(27)14-20(25)28)24-26(31)30-22-9-5-4-8-21(22)29-24/h3-10,13-14,16H,11-12,15H2,1-2H3. The van der Waals surface area contributed by atoms with Crippen molar-refractivity contribution in [1.29, 1.82) is 0 Å². The second-order valence-electron chi connectivity index (χ2n) is 8.39. The lowest BCUT2D eigenvalue weighted by atomic mass is 10.1. The highest BCUT2D eigenvalue weighted by Crippen LogP contribution is 2.36. The SMILES string of the molecule is CC(C)CCOc1ccccc1Cn1c2nc3ccccc3nc2c2cc(Br)cc(Br)c21. The predicted molar refractivity (Wildman–Crippen MR) is 138 cm³/mol. The molecule has 0 saturated heterocycles. The molecular formula is C26H23Br2N3O. The van der Waals surface area contributed by atoms with Crippen molar-refractivity contribution in [3.63, 3.8) is 0 Å². The first-order valence-corrected chi connectivity index (χ1v) is 12.3. The summed E-state index contributed by atoms with van der Waals surface area (Å²) in [6, 6.07) is 20.5. The lowest BCUT2D eigenvalue weighted by molar-refractivity contribution is 0.286. The first-order chi connectivity index (χ1) is 15.5. The summed E-state index contributed by atoms with van der Waals surface area (Å²) in [5, 5.41) is 1.07. The van der Waals surface area contributed by atoms with Crippen molar-refractivity contribution in [3.05, 3.63) is 75.2 Å². The van der Waals surface area contributed by atoms with Crippen LogP contribution < -0.4 is 4.74 Å². The molecule has 32 heavy (non-hydrogen) atoms. The van der Waals surface area contributed by atoms with Crippen LogP contribution in [0.5, 0.6) is 5.75 Å². The van der Waals surface area contributed by atoms with E-state index in [4.69, 9.17) is 14.7 Å². The van der Waals surface area contributed by atoms with Gasteiger partial charge in [0, 0.05) is 19.9 Å². The van der Waals surface area contributed by atoms with Gasteiger partial charge in [-0.3, -0.25) is 0 Å². The number of benzene rings is 3. The predicted octanol–water partition coefficient (Wildman–Crippen LogP) is 7.74. The molecule has 0 N–H and O–H groups in total. The molecule has 0 fully saturated rings. The van der Waals surface area contributed by atoms with E-state index in [-0.39, 0.29) is 0 Å². The van der Waals surface area contributed by atoms with Crippen LogP contribution in [0.15, 0.2) is 69.6 Å². The molecule has 162 valence electrons. The average Bonchev–Trinajstić information content (AvgIpc) is 3.06. The molecule has 6 heteroatoms. The summed E-state index contributed by atoms with van der Waals surface area (Å²) >= 11 is 7.42. The molecule has 5 rings (SSSR count). The molecule has 0 bridgehead atoms. The third-order valence-corrected chi connectivity index (χ3v) is 6.68. The third kappa shape index (κ3) is 4.02. The highest BCUT2D eigenvalue weighted by Gasteiger charge is 2.19. The van der Waals surface area contributed by atoms with Crippen LogP contribution >= 0.6 is 31.9 Å². The van der Waals surface area contributed by atoms with Gasteiger partial charge in [0.25, 0.3) is 0 Å². The number of hydrogen-bond acceptors (Lipinski definition) is 3. The number of fused-ring (bicyclic) bond motifs is 4. The molecule has 2 heterocycles. The van der Waals surface area contributed by atoms with Crippen LogP contribution in [0.25, 0.3) is 33.1 Å². The van der Waals surface area contributed by atoms with Gasteiger partial charge in [0.1, 0.15) is 11.3 Å². The van der Waals surface area contributed by atoms with Gasteiger partial charge in [-0.15, -0.1) is 0 Å². The molecular weight excluding hydrogens is 530 g/mol. The van der Waals surface area contributed by atoms with Gasteiger partial charge >= 0.3 is 0 Å². The first-order valence-electron chi connectivity index (χ1n) is 10.8. The molecule has 0 saturated carbocycles. The highest BCUT2D eigenvalue weighted by molar-refractivity contribution is 9.11. The van der Waals surface area contributed by atoms with Crippen molar-refractivity contribution in [2.45, 2.75) is 26.8 Å². The van der Waals surface area contributed by atoms with Crippen molar-refractivity contribution < 1.29 is 4.74 Å². The lowest BCUT2D eigenvalue weighted by Crippen LogP contribution is -2.06. The Labute approximate surface area is 203 Å². The van der Waals surface area contributed by atoms with Crippen LogP contribution in [0, 0.1) is 5.92 Å². The van der Waals surface area contributed by atoms with Gasteiger partial charge in [-0.05, 0) is 58.6 Å². The number of aromatic nitrogens is 3. The smallest absolute Gasteiger partial charge is 0.160 e. The number of nitrogens with zero attached hydrogens (tertiary/aromatic N) is 3. The molecule has 0 amide bonds. The number of para-hydroxylation sites is 3. The van der Waals surface area contributed by atoms with Crippen LogP contribution in [0.3, 0.4) is 0 Å². The molecule has 0 aliphatic rings. The minimum atomic E-state index is 0.609. The fraction of sp³-hybridized carbons (Fsp3) is 0.231. The molecule has 0 unspecified atom stereocenters. The number of ether oxygens (including phenoxy) is 1. The number of halogens is 2. The summed E-state index contributed by atoms with van der Waals surface area (Å²) in [5.41, 5.74) is 5.76. The molecule has 5 aromatic rings. The van der Waals surface area contributed by atoms with E-state index >= 15 is 0 Å². The maximum absolute atomic E-state index is 6.17. The zero-order chi connectivity index (χ0) is 22.2. The lowest BCUT2D eigenvalue weighted by Gasteiger charge is -2.14. The fourth-order valence-electron chi connectivity index (χ4n) is 3.99. The van der Waals surface area contributed by atoms with Gasteiger partial charge < -0.3 is 9.30 Å². The van der Waals surface area contributed by atoms with Crippen molar-refractivity contribution in [2.24, 2.45) is 5.92 Å². The quantitative estimate of drug-likeness (QED) is 0.216. The summed E-state index contributed by atoms with van der Waals surface area (Å²) in [4.78, 5) is 10.0. The van der Waals surface area contributed by atoms with Crippen LogP contribution in [0.2, 0.25) is 0 Å². The van der Waals surface area contributed by atoms with E-state index in [2.05, 4.69) is 80.6 Å². The van der Waals surface area contributed by atoms with Gasteiger partial charge in [-0.2, -0.15) is 0 Å². The number of rotatable bonds is 6. The van der Waals surface area contributed by atoms with Crippen molar-refractivity contribution in [3.8, 4) is 5.75 Å².